The van der Waals surface area contributed by atoms with E-state index < -0.39 is 0 Å². The van der Waals surface area contributed by atoms with Crippen molar-refractivity contribution in [2.24, 2.45) is 14.1 Å². The quantitative estimate of drug-likeness (QED) is 0.783. The summed E-state index contributed by atoms with van der Waals surface area (Å²) in [4.78, 5) is 33.3. The van der Waals surface area contributed by atoms with E-state index in [2.05, 4.69) is 23.3 Å². The van der Waals surface area contributed by atoms with Crippen molar-refractivity contribution in [3.8, 4) is 6.07 Å². The summed E-state index contributed by atoms with van der Waals surface area (Å²) in [5.74, 6) is 1.24. The van der Waals surface area contributed by atoms with Crippen molar-refractivity contribution in [3.63, 3.8) is 0 Å². The molecule has 29 heavy (non-hydrogen) atoms. The fourth-order valence-electron chi connectivity index (χ4n) is 4.11. The molecule has 0 radical (unpaired) electrons. The molecular formula is C20H25N7O2. The molecule has 152 valence electrons. The van der Waals surface area contributed by atoms with Crippen molar-refractivity contribution in [2.75, 3.05) is 36.9 Å². The van der Waals surface area contributed by atoms with Crippen LogP contribution in [-0.2, 0) is 27.1 Å². The van der Waals surface area contributed by atoms with Crippen LogP contribution in [0.15, 0.2) is 21.7 Å². The van der Waals surface area contributed by atoms with Crippen LogP contribution in [0.1, 0.15) is 23.2 Å². The maximum absolute atomic E-state index is 12.2. The van der Waals surface area contributed by atoms with E-state index in [1.807, 2.05) is 11.0 Å². The minimum atomic E-state index is -0.336. The third-order valence-corrected chi connectivity index (χ3v) is 5.84. The van der Waals surface area contributed by atoms with Crippen molar-refractivity contribution in [2.45, 2.75) is 25.4 Å². The zero-order chi connectivity index (χ0) is 20.7. The third-order valence-electron chi connectivity index (χ3n) is 5.84. The summed E-state index contributed by atoms with van der Waals surface area (Å²) in [6.07, 6.45) is 1.70. The average Bonchev–Trinajstić information content (AvgIpc) is 3.17. The summed E-state index contributed by atoms with van der Waals surface area (Å²) in [6, 6.07) is 5.78. The molecule has 1 saturated heterocycles. The van der Waals surface area contributed by atoms with Gasteiger partial charge in [-0.2, -0.15) is 5.26 Å². The molecule has 0 saturated carbocycles. The highest BCUT2D eigenvalue weighted by Crippen LogP contribution is 2.25. The van der Waals surface area contributed by atoms with Crippen LogP contribution in [0.25, 0.3) is 0 Å². The normalized spacial score (nSPS) is 19.1. The first-order chi connectivity index (χ1) is 13.9. The van der Waals surface area contributed by atoms with Crippen LogP contribution in [0.5, 0.6) is 0 Å². The monoisotopic (exact) mass is 395 g/mol. The average molecular weight is 395 g/mol. The van der Waals surface area contributed by atoms with Gasteiger partial charge in [0.1, 0.15) is 17.7 Å². The molecular weight excluding hydrogens is 370 g/mol. The number of nitrogens with zero attached hydrogens (tertiary/aromatic N) is 6. The Bertz CT molecular complexity index is 1110. The summed E-state index contributed by atoms with van der Waals surface area (Å²) in [6.45, 7) is 3.12. The smallest absolute Gasteiger partial charge is 0.332 e. The van der Waals surface area contributed by atoms with Crippen LogP contribution in [0, 0.1) is 11.3 Å². The van der Waals surface area contributed by atoms with Crippen LogP contribution in [-0.4, -0.2) is 51.7 Å². The van der Waals surface area contributed by atoms with Gasteiger partial charge in [0.25, 0.3) is 5.56 Å². The molecule has 9 heteroatoms. The minimum absolute atomic E-state index is 0.0816. The van der Waals surface area contributed by atoms with E-state index in [9.17, 15) is 14.9 Å². The zero-order valence-electron chi connectivity index (χ0n) is 17.0. The molecule has 1 fully saturated rings. The Balaban J connectivity index is 1.55. The second-order valence-electron chi connectivity index (χ2n) is 7.91. The highest BCUT2D eigenvalue weighted by molar-refractivity contribution is 5.56. The predicted molar refractivity (Wildman–Crippen MR) is 110 cm³/mol. The predicted octanol–water partition coefficient (Wildman–Crippen LogP) is 0.0294. The summed E-state index contributed by atoms with van der Waals surface area (Å²) < 4.78 is 2.60. The van der Waals surface area contributed by atoms with Gasteiger partial charge in [0.05, 0.1) is 5.56 Å². The summed E-state index contributed by atoms with van der Waals surface area (Å²) in [7, 11) is 5.22. The van der Waals surface area contributed by atoms with E-state index in [-0.39, 0.29) is 17.3 Å². The van der Waals surface area contributed by atoms with E-state index in [0.717, 1.165) is 48.3 Å². The molecule has 0 bridgehead atoms. The van der Waals surface area contributed by atoms with Gasteiger partial charge < -0.3 is 15.1 Å². The largest absolute Gasteiger partial charge is 0.364 e. The molecule has 1 atom stereocenters. The first kappa shape index (κ1) is 19.2. The molecule has 2 aliphatic rings. The maximum Gasteiger partial charge on any atom is 0.332 e. The Hall–Kier alpha value is -3.12. The van der Waals surface area contributed by atoms with Crippen LogP contribution in [0.4, 0.5) is 11.6 Å². The van der Waals surface area contributed by atoms with Gasteiger partial charge in [-0.3, -0.25) is 13.9 Å². The lowest BCUT2D eigenvalue weighted by molar-refractivity contribution is 0.310. The van der Waals surface area contributed by atoms with Gasteiger partial charge in [0, 0.05) is 64.5 Å². The Morgan fingerprint density at radius 2 is 1.97 bits per heavy atom. The molecule has 2 aliphatic heterocycles. The number of fused-ring (bicyclic) bond motifs is 1. The van der Waals surface area contributed by atoms with Gasteiger partial charge in [0.2, 0.25) is 0 Å². The molecule has 4 heterocycles. The highest BCUT2D eigenvalue weighted by Gasteiger charge is 2.27. The summed E-state index contributed by atoms with van der Waals surface area (Å²) in [5, 5.41) is 13.0. The number of hydrogen-bond donors (Lipinski definition) is 1. The lowest BCUT2D eigenvalue weighted by atomic mass is 10.0. The van der Waals surface area contributed by atoms with Gasteiger partial charge in [-0.05, 0) is 25.1 Å². The second kappa shape index (κ2) is 7.37. The number of nitriles is 1. The van der Waals surface area contributed by atoms with Crippen molar-refractivity contribution < 1.29 is 0 Å². The molecule has 1 N–H and O–H groups in total. The van der Waals surface area contributed by atoms with Crippen LogP contribution in [0.2, 0.25) is 0 Å². The number of hydrogen-bond acceptors (Lipinski definition) is 7. The minimum Gasteiger partial charge on any atom is -0.364 e. The topological polar surface area (TPSA) is 99.2 Å². The van der Waals surface area contributed by atoms with E-state index >= 15 is 0 Å². The van der Waals surface area contributed by atoms with Gasteiger partial charge in [-0.1, -0.05) is 0 Å². The first-order valence-corrected chi connectivity index (χ1v) is 9.77. The van der Waals surface area contributed by atoms with Crippen molar-refractivity contribution >= 4 is 11.6 Å². The van der Waals surface area contributed by atoms with Crippen LogP contribution in [0.3, 0.4) is 0 Å². The van der Waals surface area contributed by atoms with Crippen molar-refractivity contribution in [1.29, 1.82) is 5.26 Å². The second-order valence-corrected chi connectivity index (χ2v) is 7.91. The number of nitrogens with one attached hydrogen (secondary N) is 1. The number of pyridine rings is 1. The maximum atomic E-state index is 12.2. The fourth-order valence-corrected chi connectivity index (χ4v) is 4.11. The Labute approximate surface area is 168 Å². The Morgan fingerprint density at radius 1 is 1.17 bits per heavy atom. The number of rotatable bonds is 3. The lowest BCUT2D eigenvalue weighted by Crippen LogP contribution is -2.40. The third kappa shape index (κ3) is 3.51. The molecule has 2 aromatic rings. The van der Waals surface area contributed by atoms with Crippen LogP contribution < -0.4 is 21.5 Å². The standard InChI is InChI=1S/C20H25N7O2/c1-24-6-5-16-14(11-24)8-13(10-21)19(23-16)22-15-4-7-27(12-15)17-9-18(28)26(3)20(29)25(17)2/h8-9,15H,4-7,11-12H2,1-3H3,(H,22,23)/t15-/m0/s1. The van der Waals surface area contributed by atoms with Gasteiger partial charge >= 0.3 is 5.69 Å². The molecule has 0 aliphatic carbocycles. The molecule has 4 rings (SSSR count). The van der Waals surface area contributed by atoms with Crippen molar-refractivity contribution in [3.05, 3.63) is 49.8 Å². The van der Waals surface area contributed by atoms with E-state index in [1.54, 1.807) is 7.05 Å². The van der Waals surface area contributed by atoms with E-state index in [4.69, 9.17) is 4.98 Å². The van der Waals surface area contributed by atoms with E-state index in [0.29, 0.717) is 23.7 Å². The number of aromatic nitrogens is 3. The number of anilines is 2. The van der Waals surface area contributed by atoms with Crippen LogP contribution >= 0.6 is 0 Å². The highest BCUT2D eigenvalue weighted by atomic mass is 16.2. The molecule has 0 spiro atoms. The Kier molecular flexibility index (Phi) is 4.88. The van der Waals surface area contributed by atoms with Gasteiger partial charge in [-0.25, -0.2) is 9.78 Å². The fraction of sp³-hybridized carbons (Fsp3) is 0.500. The van der Waals surface area contributed by atoms with Gasteiger partial charge in [-0.15, -0.1) is 0 Å². The molecule has 2 aromatic heterocycles. The SMILES string of the molecule is CN1CCc2nc(N[C@H]3CCN(c4cc(=O)n(C)c(=O)n4C)C3)c(C#N)cc2C1. The van der Waals surface area contributed by atoms with Crippen molar-refractivity contribution in [1.82, 2.24) is 19.0 Å². The molecule has 9 nitrogen and oxygen atoms in total. The Morgan fingerprint density at radius 3 is 2.72 bits per heavy atom. The zero-order valence-corrected chi connectivity index (χ0v) is 17.0. The van der Waals surface area contributed by atoms with E-state index in [1.165, 1.54) is 17.7 Å². The van der Waals surface area contributed by atoms with Gasteiger partial charge in [0.15, 0.2) is 0 Å². The lowest BCUT2D eigenvalue weighted by Gasteiger charge is -2.26. The summed E-state index contributed by atoms with van der Waals surface area (Å²) >= 11 is 0. The number of likely N-dealkylation sites (N-methyl/N-ethyl adjacent to an activating group) is 1. The molecule has 0 amide bonds. The first-order valence-electron chi connectivity index (χ1n) is 9.77. The molecule has 0 unspecified atom stereocenters. The summed E-state index contributed by atoms with van der Waals surface area (Å²) in [5.41, 5.74) is 2.07. The molecule has 0 aromatic carbocycles.